The summed E-state index contributed by atoms with van der Waals surface area (Å²) in [6.07, 6.45) is 5.08. The second kappa shape index (κ2) is 8.08. The summed E-state index contributed by atoms with van der Waals surface area (Å²) in [7, 11) is 0. The average Bonchev–Trinajstić information content (AvgIpc) is 3.28. The molecule has 2 aromatic heterocycles. The highest BCUT2D eigenvalue weighted by molar-refractivity contribution is 9.10. The van der Waals surface area contributed by atoms with Gasteiger partial charge in [0.25, 0.3) is 0 Å². The fourth-order valence-corrected chi connectivity index (χ4v) is 3.92. The van der Waals surface area contributed by atoms with Gasteiger partial charge >= 0.3 is 0 Å². The third kappa shape index (κ3) is 4.37. The molecule has 4 aromatic rings. The minimum absolute atomic E-state index is 0.248. The van der Waals surface area contributed by atoms with Crippen molar-refractivity contribution in [3.05, 3.63) is 87.3 Å². The molecule has 0 fully saturated rings. The highest BCUT2D eigenvalue weighted by atomic mass is 79.9. The van der Waals surface area contributed by atoms with Gasteiger partial charge in [0.15, 0.2) is 5.13 Å². The van der Waals surface area contributed by atoms with Crippen LogP contribution in [0.3, 0.4) is 0 Å². The number of rotatable bonds is 5. The summed E-state index contributed by atoms with van der Waals surface area (Å²) in [5.74, 6) is 0.0262. The number of carbonyl (C=O) groups is 1. The van der Waals surface area contributed by atoms with Crippen LogP contribution in [0, 0.1) is 5.82 Å². The molecule has 7 heteroatoms. The van der Waals surface area contributed by atoms with Crippen LogP contribution in [-0.2, 0) is 11.2 Å². The fourth-order valence-electron chi connectivity index (χ4n) is 2.70. The molecule has 0 saturated heterocycles. The number of amides is 1. The Morgan fingerprint density at radius 3 is 2.96 bits per heavy atom. The maximum absolute atomic E-state index is 13.7. The fraction of sp³-hybridized carbons (Fsp3) is 0.0476. The quantitative estimate of drug-likeness (QED) is 0.372. The van der Waals surface area contributed by atoms with Crippen LogP contribution >= 0.6 is 27.3 Å². The number of benzene rings is 2. The monoisotopic (exact) mass is 456 g/mol. The minimum Gasteiger partial charge on any atom is -0.457 e. The summed E-state index contributed by atoms with van der Waals surface area (Å²) < 4.78 is 20.4. The van der Waals surface area contributed by atoms with E-state index in [2.05, 4.69) is 26.2 Å². The van der Waals surface area contributed by atoms with E-state index < -0.39 is 0 Å². The maximum atomic E-state index is 13.7. The van der Waals surface area contributed by atoms with E-state index in [9.17, 15) is 9.18 Å². The Labute approximate surface area is 172 Å². The third-order valence-electron chi connectivity index (χ3n) is 4.00. The summed E-state index contributed by atoms with van der Waals surface area (Å²) in [6.45, 7) is 0. The van der Waals surface area contributed by atoms with Crippen LogP contribution in [0.25, 0.3) is 17.0 Å². The standard InChI is InChI=1S/C21H14BrFN2O2S/c22-15-5-7-19-14(9-15)10-16(27-19)6-8-20(26)25-21-24-12-17(28-21)11-13-3-1-2-4-18(13)23/h1-10,12H,11H2,(H,24,25,26). The second-order valence-corrected chi connectivity index (χ2v) is 8.08. The Kier molecular flexibility index (Phi) is 5.36. The number of anilines is 1. The maximum Gasteiger partial charge on any atom is 0.250 e. The Balaban J connectivity index is 1.40. The smallest absolute Gasteiger partial charge is 0.250 e. The minimum atomic E-state index is -0.312. The zero-order valence-corrected chi connectivity index (χ0v) is 16.9. The number of furan rings is 1. The van der Waals surface area contributed by atoms with Crippen LogP contribution in [0.1, 0.15) is 16.2 Å². The third-order valence-corrected chi connectivity index (χ3v) is 5.41. The number of fused-ring (bicyclic) bond motifs is 1. The van der Waals surface area contributed by atoms with Crippen molar-refractivity contribution in [1.29, 1.82) is 0 Å². The summed E-state index contributed by atoms with van der Waals surface area (Å²) >= 11 is 4.74. The van der Waals surface area contributed by atoms with Crippen molar-refractivity contribution in [1.82, 2.24) is 4.98 Å². The van der Waals surface area contributed by atoms with Crippen molar-refractivity contribution < 1.29 is 13.6 Å². The van der Waals surface area contributed by atoms with Crippen LogP contribution in [-0.4, -0.2) is 10.9 Å². The summed E-state index contributed by atoms with van der Waals surface area (Å²) in [6, 6.07) is 14.2. The Bertz CT molecular complexity index is 1180. The molecule has 0 unspecified atom stereocenters. The first-order valence-corrected chi connectivity index (χ1v) is 10.0. The predicted octanol–water partition coefficient (Wildman–Crippen LogP) is 6.03. The van der Waals surface area contributed by atoms with E-state index in [0.717, 1.165) is 20.3 Å². The largest absolute Gasteiger partial charge is 0.457 e. The number of hydrogen-bond acceptors (Lipinski definition) is 4. The Hall–Kier alpha value is -2.77. The number of nitrogens with zero attached hydrogens (tertiary/aromatic N) is 1. The van der Waals surface area contributed by atoms with E-state index in [1.54, 1.807) is 30.5 Å². The molecule has 28 heavy (non-hydrogen) atoms. The van der Waals surface area contributed by atoms with E-state index in [1.807, 2.05) is 24.3 Å². The number of hydrogen-bond donors (Lipinski definition) is 1. The molecule has 0 spiro atoms. The van der Waals surface area contributed by atoms with E-state index in [4.69, 9.17) is 4.42 Å². The van der Waals surface area contributed by atoms with Gasteiger partial charge in [0.2, 0.25) is 5.91 Å². The molecular weight excluding hydrogens is 443 g/mol. The molecule has 4 rings (SSSR count). The van der Waals surface area contributed by atoms with Gasteiger partial charge < -0.3 is 4.42 Å². The molecule has 0 radical (unpaired) electrons. The normalized spacial score (nSPS) is 11.4. The van der Waals surface area contributed by atoms with Gasteiger partial charge in [-0.3, -0.25) is 10.1 Å². The van der Waals surface area contributed by atoms with Gasteiger partial charge in [-0.15, -0.1) is 11.3 Å². The molecule has 2 aromatic carbocycles. The van der Waals surface area contributed by atoms with Crippen LogP contribution < -0.4 is 5.32 Å². The number of aromatic nitrogens is 1. The topological polar surface area (TPSA) is 55.1 Å². The zero-order valence-electron chi connectivity index (χ0n) is 14.5. The molecule has 0 aliphatic carbocycles. The second-order valence-electron chi connectivity index (χ2n) is 6.05. The van der Waals surface area contributed by atoms with Crippen molar-refractivity contribution in [3.63, 3.8) is 0 Å². The van der Waals surface area contributed by atoms with Crippen LogP contribution in [0.2, 0.25) is 0 Å². The molecule has 1 N–H and O–H groups in total. The molecule has 1 amide bonds. The highest BCUT2D eigenvalue weighted by Gasteiger charge is 2.08. The number of halogens is 2. The van der Waals surface area contributed by atoms with Crippen LogP contribution in [0.15, 0.2) is 69.7 Å². The lowest BCUT2D eigenvalue weighted by atomic mass is 10.1. The molecule has 140 valence electrons. The van der Waals surface area contributed by atoms with Crippen LogP contribution in [0.4, 0.5) is 9.52 Å². The van der Waals surface area contributed by atoms with E-state index in [-0.39, 0.29) is 11.7 Å². The molecule has 2 heterocycles. The SMILES string of the molecule is O=C(C=Cc1cc2cc(Br)ccc2o1)Nc1ncc(Cc2ccccc2F)s1. The lowest BCUT2D eigenvalue weighted by Gasteiger charge is -1.99. The van der Waals surface area contributed by atoms with Gasteiger partial charge in [0.1, 0.15) is 17.2 Å². The molecule has 0 saturated carbocycles. The Morgan fingerprint density at radius 2 is 2.11 bits per heavy atom. The first kappa shape index (κ1) is 18.6. The lowest BCUT2D eigenvalue weighted by molar-refractivity contribution is -0.111. The molecule has 0 aliphatic rings. The van der Waals surface area contributed by atoms with Gasteiger partial charge in [-0.1, -0.05) is 34.1 Å². The predicted molar refractivity (Wildman–Crippen MR) is 113 cm³/mol. The van der Waals surface area contributed by atoms with Gasteiger partial charge in [-0.2, -0.15) is 0 Å². The van der Waals surface area contributed by atoms with Gasteiger partial charge in [0, 0.05) is 33.4 Å². The molecule has 4 nitrogen and oxygen atoms in total. The number of carbonyl (C=O) groups excluding carboxylic acids is 1. The number of thiazole rings is 1. The number of nitrogens with one attached hydrogen (secondary N) is 1. The summed E-state index contributed by atoms with van der Waals surface area (Å²) in [5, 5.41) is 4.13. The molecule has 0 atom stereocenters. The zero-order chi connectivity index (χ0) is 19.5. The Morgan fingerprint density at radius 1 is 1.25 bits per heavy atom. The molecule has 0 aliphatic heterocycles. The summed E-state index contributed by atoms with van der Waals surface area (Å²) in [5.41, 5.74) is 1.35. The van der Waals surface area contributed by atoms with Crippen molar-refractivity contribution in [2.24, 2.45) is 0 Å². The molecular formula is C21H14BrFN2O2S. The van der Waals surface area contributed by atoms with Crippen molar-refractivity contribution in [2.45, 2.75) is 6.42 Å². The average molecular weight is 457 g/mol. The first-order valence-electron chi connectivity index (χ1n) is 8.43. The van der Waals surface area contributed by atoms with Gasteiger partial charge in [-0.05, 0) is 42.0 Å². The van der Waals surface area contributed by atoms with Crippen molar-refractivity contribution in [3.8, 4) is 0 Å². The summed E-state index contributed by atoms with van der Waals surface area (Å²) in [4.78, 5) is 17.2. The van der Waals surface area contributed by atoms with Gasteiger partial charge in [0.05, 0.1) is 0 Å². The van der Waals surface area contributed by atoms with E-state index >= 15 is 0 Å². The first-order chi connectivity index (χ1) is 13.6. The van der Waals surface area contributed by atoms with E-state index in [0.29, 0.717) is 22.9 Å². The van der Waals surface area contributed by atoms with Crippen LogP contribution in [0.5, 0.6) is 0 Å². The lowest BCUT2D eigenvalue weighted by Crippen LogP contribution is -2.06. The highest BCUT2D eigenvalue weighted by Crippen LogP contribution is 2.25. The van der Waals surface area contributed by atoms with Gasteiger partial charge in [-0.25, -0.2) is 9.37 Å². The molecule has 0 bridgehead atoms. The van der Waals surface area contributed by atoms with E-state index in [1.165, 1.54) is 23.5 Å². The van der Waals surface area contributed by atoms with Crippen molar-refractivity contribution >= 4 is 55.4 Å². The van der Waals surface area contributed by atoms with Crippen molar-refractivity contribution in [2.75, 3.05) is 5.32 Å².